The Bertz CT molecular complexity index is 402. The average molecular weight is 233 g/mol. The SMILES string of the molecule is CCc1cccc(C(N)=O)c1OC(F)(F)F. The molecule has 0 aliphatic rings. The first-order valence-electron chi connectivity index (χ1n) is 4.52. The Labute approximate surface area is 90.0 Å². The van der Waals surface area contributed by atoms with Crippen LogP contribution in [0.15, 0.2) is 18.2 Å². The maximum Gasteiger partial charge on any atom is 0.573 e. The molecule has 1 amide bonds. The summed E-state index contributed by atoms with van der Waals surface area (Å²) in [6, 6.07) is 4.11. The van der Waals surface area contributed by atoms with Gasteiger partial charge in [-0.25, -0.2) is 0 Å². The molecule has 0 aliphatic carbocycles. The molecule has 0 radical (unpaired) electrons. The summed E-state index contributed by atoms with van der Waals surface area (Å²) < 4.78 is 40.2. The van der Waals surface area contributed by atoms with Gasteiger partial charge in [-0.05, 0) is 18.1 Å². The van der Waals surface area contributed by atoms with E-state index in [0.29, 0.717) is 6.42 Å². The normalized spacial score (nSPS) is 11.2. The van der Waals surface area contributed by atoms with Crippen molar-refractivity contribution in [3.63, 3.8) is 0 Å². The van der Waals surface area contributed by atoms with Gasteiger partial charge in [0.15, 0.2) is 0 Å². The first-order valence-corrected chi connectivity index (χ1v) is 4.52. The number of alkyl halides is 3. The number of para-hydroxylation sites is 1. The monoisotopic (exact) mass is 233 g/mol. The van der Waals surface area contributed by atoms with Gasteiger partial charge in [0, 0.05) is 0 Å². The molecule has 1 rings (SSSR count). The van der Waals surface area contributed by atoms with E-state index >= 15 is 0 Å². The zero-order chi connectivity index (χ0) is 12.3. The Kier molecular flexibility index (Phi) is 3.41. The smallest absolute Gasteiger partial charge is 0.405 e. The number of amides is 1. The van der Waals surface area contributed by atoms with Gasteiger partial charge >= 0.3 is 6.36 Å². The number of benzene rings is 1. The van der Waals surface area contributed by atoms with Crippen molar-refractivity contribution in [2.75, 3.05) is 0 Å². The fraction of sp³-hybridized carbons (Fsp3) is 0.300. The largest absolute Gasteiger partial charge is 0.573 e. The van der Waals surface area contributed by atoms with Gasteiger partial charge in [0.2, 0.25) is 0 Å². The first kappa shape index (κ1) is 12.4. The molecule has 6 heteroatoms. The number of primary amides is 1. The lowest BCUT2D eigenvalue weighted by Crippen LogP contribution is -2.22. The van der Waals surface area contributed by atoms with E-state index in [9.17, 15) is 18.0 Å². The van der Waals surface area contributed by atoms with E-state index in [1.807, 2.05) is 0 Å². The van der Waals surface area contributed by atoms with E-state index in [4.69, 9.17) is 5.73 Å². The predicted molar refractivity (Wildman–Crippen MR) is 51.0 cm³/mol. The van der Waals surface area contributed by atoms with E-state index in [-0.39, 0.29) is 11.1 Å². The van der Waals surface area contributed by atoms with Gasteiger partial charge in [0.05, 0.1) is 5.56 Å². The summed E-state index contributed by atoms with van der Waals surface area (Å²) in [7, 11) is 0. The number of ether oxygens (including phenoxy) is 1. The molecule has 88 valence electrons. The fourth-order valence-electron chi connectivity index (χ4n) is 1.29. The van der Waals surface area contributed by atoms with Crippen LogP contribution < -0.4 is 10.5 Å². The molecule has 0 atom stereocenters. The molecule has 0 aromatic heterocycles. The summed E-state index contributed by atoms with van der Waals surface area (Å²) in [5, 5.41) is 0. The van der Waals surface area contributed by atoms with Crippen molar-refractivity contribution in [1.29, 1.82) is 0 Å². The van der Waals surface area contributed by atoms with E-state index in [1.54, 1.807) is 6.92 Å². The number of halogens is 3. The Balaban J connectivity index is 3.25. The Morgan fingerprint density at radius 2 is 2.06 bits per heavy atom. The number of carbonyl (C=O) groups excluding carboxylic acids is 1. The quantitative estimate of drug-likeness (QED) is 0.870. The minimum absolute atomic E-state index is 0.267. The van der Waals surface area contributed by atoms with Crippen molar-refractivity contribution in [3.05, 3.63) is 29.3 Å². The van der Waals surface area contributed by atoms with E-state index in [0.717, 1.165) is 0 Å². The molecule has 0 unspecified atom stereocenters. The lowest BCUT2D eigenvalue weighted by atomic mass is 10.1. The summed E-state index contributed by atoms with van der Waals surface area (Å²) in [5.41, 5.74) is 4.99. The topological polar surface area (TPSA) is 52.3 Å². The highest BCUT2D eigenvalue weighted by Crippen LogP contribution is 2.30. The van der Waals surface area contributed by atoms with Crippen LogP contribution in [-0.4, -0.2) is 12.3 Å². The third kappa shape index (κ3) is 2.88. The van der Waals surface area contributed by atoms with Gasteiger partial charge in [0.1, 0.15) is 5.75 Å². The summed E-state index contributed by atoms with van der Waals surface area (Å²) in [4.78, 5) is 11.0. The van der Waals surface area contributed by atoms with Crippen LogP contribution in [0.1, 0.15) is 22.8 Å². The number of rotatable bonds is 3. The van der Waals surface area contributed by atoms with Gasteiger partial charge in [-0.3, -0.25) is 4.79 Å². The summed E-state index contributed by atoms with van der Waals surface area (Å²) in [6.07, 6.45) is -4.53. The van der Waals surface area contributed by atoms with E-state index < -0.39 is 18.0 Å². The average Bonchev–Trinajstić information content (AvgIpc) is 2.15. The number of aryl methyl sites for hydroxylation is 1. The minimum Gasteiger partial charge on any atom is -0.405 e. The molecule has 0 aliphatic heterocycles. The van der Waals surface area contributed by atoms with Crippen molar-refractivity contribution >= 4 is 5.91 Å². The highest BCUT2D eigenvalue weighted by molar-refractivity contribution is 5.96. The summed E-state index contributed by atoms with van der Waals surface area (Å²) in [6.45, 7) is 1.66. The number of nitrogens with two attached hydrogens (primary N) is 1. The molecule has 0 fully saturated rings. The van der Waals surface area contributed by atoms with Crippen LogP contribution in [0, 0.1) is 0 Å². The summed E-state index contributed by atoms with van der Waals surface area (Å²) >= 11 is 0. The standard InChI is InChI=1S/C10H10F3NO2/c1-2-6-4-3-5-7(9(14)15)8(6)16-10(11,12)13/h3-5H,2H2,1H3,(H2,14,15). The first-order chi connectivity index (χ1) is 7.35. The highest BCUT2D eigenvalue weighted by Gasteiger charge is 2.33. The molecule has 0 bridgehead atoms. The summed E-state index contributed by atoms with van der Waals surface area (Å²) in [5.74, 6) is -1.46. The molecule has 0 saturated carbocycles. The number of hydrogen-bond donors (Lipinski definition) is 1. The van der Waals surface area contributed by atoms with Crippen LogP contribution in [0.5, 0.6) is 5.75 Å². The highest BCUT2D eigenvalue weighted by atomic mass is 19.4. The Morgan fingerprint density at radius 1 is 1.44 bits per heavy atom. The van der Waals surface area contributed by atoms with Crippen LogP contribution in [0.4, 0.5) is 13.2 Å². The Morgan fingerprint density at radius 3 is 2.50 bits per heavy atom. The molecule has 3 nitrogen and oxygen atoms in total. The van der Waals surface area contributed by atoms with E-state index in [2.05, 4.69) is 4.74 Å². The Hall–Kier alpha value is -1.72. The molecular weight excluding hydrogens is 223 g/mol. The third-order valence-electron chi connectivity index (χ3n) is 1.96. The molecule has 1 aromatic rings. The van der Waals surface area contributed by atoms with Crippen molar-refractivity contribution in [3.8, 4) is 5.75 Å². The molecule has 1 aromatic carbocycles. The van der Waals surface area contributed by atoms with Crippen molar-refractivity contribution in [1.82, 2.24) is 0 Å². The second-order valence-corrected chi connectivity index (χ2v) is 3.06. The van der Waals surface area contributed by atoms with Gasteiger partial charge in [-0.1, -0.05) is 19.1 Å². The molecular formula is C10H10F3NO2. The maximum atomic E-state index is 12.1. The van der Waals surface area contributed by atoms with Crippen LogP contribution in [0.3, 0.4) is 0 Å². The molecule has 16 heavy (non-hydrogen) atoms. The van der Waals surface area contributed by atoms with Crippen molar-refractivity contribution in [2.45, 2.75) is 19.7 Å². The lowest BCUT2D eigenvalue weighted by Gasteiger charge is -2.14. The van der Waals surface area contributed by atoms with Gasteiger partial charge in [-0.2, -0.15) is 0 Å². The maximum absolute atomic E-state index is 12.1. The number of carbonyl (C=O) groups is 1. The third-order valence-corrected chi connectivity index (χ3v) is 1.96. The minimum atomic E-state index is -4.84. The molecule has 2 N–H and O–H groups in total. The van der Waals surface area contributed by atoms with Crippen LogP contribution >= 0.6 is 0 Å². The zero-order valence-electron chi connectivity index (χ0n) is 8.47. The molecule has 0 spiro atoms. The van der Waals surface area contributed by atoms with Crippen LogP contribution in [0.25, 0.3) is 0 Å². The fourth-order valence-corrected chi connectivity index (χ4v) is 1.29. The molecule has 0 saturated heterocycles. The zero-order valence-corrected chi connectivity index (χ0v) is 8.47. The van der Waals surface area contributed by atoms with Crippen LogP contribution in [0.2, 0.25) is 0 Å². The second kappa shape index (κ2) is 4.42. The van der Waals surface area contributed by atoms with Crippen LogP contribution in [-0.2, 0) is 6.42 Å². The van der Waals surface area contributed by atoms with Gasteiger partial charge in [-0.15, -0.1) is 13.2 Å². The van der Waals surface area contributed by atoms with Crippen molar-refractivity contribution in [2.24, 2.45) is 5.73 Å². The number of hydrogen-bond acceptors (Lipinski definition) is 2. The van der Waals surface area contributed by atoms with Gasteiger partial charge in [0.25, 0.3) is 5.91 Å². The second-order valence-electron chi connectivity index (χ2n) is 3.06. The lowest BCUT2D eigenvalue weighted by molar-refractivity contribution is -0.275. The van der Waals surface area contributed by atoms with Crippen molar-refractivity contribution < 1.29 is 22.7 Å². The van der Waals surface area contributed by atoms with Gasteiger partial charge < -0.3 is 10.5 Å². The van der Waals surface area contributed by atoms with E-state index in [1.165, 1.54) is 18.2 Å². The molecule has 0 heterocycles. The predicted octanol–water partition coefficient (Wildman–Crippen LogP) is 2.25.